The summed E-state index contributed by atoms with van der Waals surface area (Å²) in [6.07, 6.45) is 9.49. The van der Waals surface area contributed by atoms with Gasteiger partial charge in [-0.1, -0.05) is 62.1 Å². The Kier molecular flexibility index (Phi) is 6.99. The number of rotatable bonds is 7. The fourth-order valence-corrected chi connectivity index (χ4v) is 1.81. The molecule has 0 aliphatic heterocycles. The van der Waals surface area contributed by atoms with E-state index in [1.807, 2.05) is 18.2 Å². The third-order valence-electron chi connectivity index (χ3n) is 2.75. The van der Waals surface area contributed by atoms with E-state index in [1.54, 1.807) is 12.1 Å². The number of benzene rings is 1. The molecule has 0 radical (unpaired) electrons. The zero-order valence-corrected chi connectivity index (χ0v) is 11.2. The molecule has 1 atom stereocenters. The first-order valence-electron chi connectivity index (χ1n) is 6.34. The second kappa shape index (κ2) is 8.32. The number of aliphatic hydroxyl groups is 1. The maximum Gasteiger partial charge on any atom is 0.0971 e. The summed E-state index contributed by atoms with van der Waals surface area (Å²) in [7, 11) is 0. The van der Waals surface area contributed by atoms with Gasteiger partial charge < -0.3 is 5.11 Å². The van der Waals surface area contributed by atoms with Crippen molar-refractivity contribution in [2.75, 3.05) is 0 Å². The van der Waals surface area contributed by atoms with Gasteiger partial charge in [0.05, 0.1) is 6.10 Å². The van der Waals surface area contributed by atoms with Crippen LogP contribution in [0.25, 0.3) is 0 Å². The van der Waals surface area contributed by atoms with Crippen molar-refractivity contribution in [3.05, 3.63) is 47.0 Å². The summed E-state index contributed by atoms with van der Waals surface area (Å²) >= 11 is 5.79. The summed E-state index contributed by atoms with van der Waals surface area (Å²) in [5.41, 5.74) is 0.888. The van der Waals surface area contributed by atoms with Gasteiger partial charge in [0.25, 0.3) is 0 Å². The first kappa shape index (κ1) is 14.3. The summed E-state index contributed by atoms with van der Waals surface area (Å²) in [6.45, 7) is 2.21. The molecule has 0 aromatic heterocycles. The normalized spacial score (nSPS) is 13.1. The van der Waals surface area contributed by atoms with Crippen molar-refractivity contribution in [2.24, 2.45) is 0 Å². The van der Waals surface area contributed by atoms with Crippen LogP contribution in [0.3, 0.4) is 0 Å². The summed E-state index contributed by atoms with van der Waals surface area (Å²) < 4.78 is 0. The highest BCUT2D eigenvalue weighted by atomic mass is 35.5. The lowest BCUT2D eigenvalue weighted by Gasteiger charge is -2.05. The van der Waals surface area contributed by atoms with Crippen molar-refractivity contribution in [1.29, 1.82) is 0 Å². The Hall–Kier alpha value is -0.790. The minimum Gasteiger partial charge on any atom is -0.384 e. The van der Waals surface area contributed by atoms with Gasteiger partial charge in [-0.15, -0.1) is 0 Å². The van der Waals surface area contributed by atoms with Crippen molar-refractivity contribution < 1.29 is 5.11 Å². The molecule has 1 unspecified atom stereocenters. The van der Waals surface area contributed by atoms with Crippen LogP contribution in [0.15, 0.2) is 36.4 Å². The molecule has 1 aromatic carbocycles. The van der Waals surface area contributed by atoms with Crippen LogP contribution in [0.2, 0.25) is 5.02 Å². The SMILES string of the molecule is CCCCCC/C=C/C(O)c1ccc(Cl)cc1. The van der Waals surface area contributed by atoms with E-state index in [9.17, 15) is 5.11 Å². The molecule has 94 valence electrons. The van der Waals surface area contributed by atoms with Crippen LogP contribution in [-0.4, -0.2) is 5.11 Å². The van der Waals surface area contributed by atoms with Gasteiger partial charge in [0.15, 0.2) is 0 Å². The molecule has 0 saturated heterocycles. The fourth-order valence-electron chi connectivity index (χ4n) is 1.69. The van der Waals surface area contributed by atoms with Crippen LogP contribution in [0, 0.1) is 0 Å². The zero-order chi connectivity index (χ0) is 12.5. The predicted molar refractivity (Wildman–Crippen MR) is 74.3 cm³/mol. The molecule has 1 N–H and O–H groups in total. The summed E-state index contributed by atoms with van der Waals surface area (Å²) in [6, 6.07) is 7.31. The van der Waals surface area contributed by atoms with Gasteiger partial charge in [-0.05, 0) is 30.5 Å². The monoisotopic (exact) mass is 252 g/mol. The van der Waals surface area contributed by atoms with Crippen molar-refractivity contribution >= 4 is 11.6 Å². The van der Waals surface area contributed by atoms with Crippen molar-refractivity contribution in [1.82, 2.24) is 0 Å². The molecule has 0 spiro atoms. The number of unbranched alkanes of at least 4 members (excludes halogenated alkanes) is 4. The molecule has 0 fully saturated rings. The molecule has 0 aliphatic rings. The van der Waals surface area contributed by atoms with E-state index in [2.05, 4.69) is 13.0 Å². The van der Waals surface area contributed by atoms with Crippen molar-refractivity contribution in [3.8, 4) is 0 Å². The van der Waals surface area contributed by atoms with Gasteiger partial charge in [0.1, 0.15) is 0 Å². The molecule has 17 heavy (non-hydrogen) atoms. The number of halogens is 1. The van der Waals surface area contributed by atoms with E-state index in [4.69, 9.17) is 11.6 Å². The molecule has 1 rings (SSSR count). The zero-order valence-electron chi connectivity index (χ0n) is 10.4. The summed E-state index contributed by atoms with van der Waals surface area (Å²) in [5, 5.41) is 10.6. The molecule has 1 aromatic rings. The van der Waals surface area contributed by atoms with Gasteiger partial charge in [-0.3, -0.25) is 0 Å². The van der Waals surface area contributed by atoms with Crippen LogP contribution < -0.4 is 0 Å². The standard InChI is InChI=1S/C15H21ClO/c1-2-3-4-5-6-7-8-15(17)13-9-11-14(16)12-10-13/h7-12,15,17H,2-6H2,1H3/b8-7+. The van der Waals surface area contributed by atoms with Gasteiger partial charge in [0, 0.05) is 5.02 Å². The van der Waals surface area contributed by atoms with Gasteiger partial charge in [-0.25, -0.2) is 0 Å². The highest BCUT2D eigenvalue weighted by Gasteiger charge is 2.01. The molecule has 2 heteroatoms. The molecule has 0 heterocycles. The Balaban J connectivity index is 2.30. The second-order valence-electron chi connectivity index (χ2n) is 4.27. The maximum absolute atomic E-state index is 9.88. The molecular formula is C15H21ClO. The lowest BCUT2D eigenvalue weighted by molar-refractivity contribution is 0.228. The topological polar surface area (TPSA) is 20.2 Å². The highest BCUT2D eigenvalue weighted by molar-refractivity contribution is 6.30. The van der Waals surface area contributed by atoms with E-state index >= 15 is 0 Å². The predicted octanol–water partition coefficient (Wildman–Crippen LogP) is 4.90. The molecule has 0 aliphatic carbocycles. The lowest BCUT2D eigenvalue weighted by Crippen LogP contribution is -1.92. The van der Waals surface area contributed by atoms with Crippen LogP contribution in [0.5, 0.6) is 0 Å². The van der Waals surface area contributed by atoms with E-state index in [1.165, 1.54) is 25.7 Å². The van der Waals surface area contributed by atoms with Crippen molar-refractivity contribution in [2.45, 2.75) is 45.1 Å². The average molecular weight is 253 g/mol. The number of allylic oxidation sites excluding steroid dienone is 1. The van der Waals surface area contributed by atoms with Crippen LogP contribution >= 0.6 is 11.6 Å². The van der Waals surface area contributed by atoms with E-state index in [-0.39, 0.29) is 0 Å². The quantitative estimate of drug-likeness (QED) is 0.541. The van der Waals surface area contributed by atoms with Gasteiger partial charge >= 0.3 is 0 Å². The maximum atomic E-state index is 9.88. The molecule has 1 nitrogen and oxygen atoms in total. The minimum atomic E-state index is -0.515. The Morgan fingerprint density at radius 2 is 1.88 bits per heavy atom. The van der Waals surface area contributed by atoms with Crippen LogP contribution in [0.4, 0.5) is 0 Å². The molecule has 0 saturated carbocycles. The smallest absolute Gasteiger partial charge is 0.0971 e. The van der Waals surface area contributed by atoms with E-state index in [0.29, 0.717) is 5.02 Å². The number of hydrogen-bond acceptors (Lipinski definition) is 1. The van der Waals surface area contributed by atoms with Crippen LogP contribution in [-0.2, 0) is 0 Å². The Bertz CT molecular complexity index is 329. The van der Waals surface area contributed by atoms with Gasteiger partial charge in [0.2, 0.25) is 0 Å². The Morgan fingerprint density at radius 1 is 1.18 bits per heavy atom. The third kappa shape index (κ3) is 5.90. The second-order valence-corrected chi connectivity index (χ2v) is 4.71. The lowest BCUT2D eigenvalue weighted by atomic mass is 10.1. The fraction of sp³-hybridized carbons (Fsp3) is 0.467. The third-order valence-corrected chi connectivity index (χ3v) is 3.01. The van der Waals surface area contributed by atoms with E-state index < -0.39 is 6.10 Å². The molecule has 0 amide bonds. The largest absolute Gasteiger partial charge is 0.384 e. The highest BCUT2D eigenvalue weighted by Crippen LogP contribution is 2.17. The molecule has 0 bridgehead atoms. The molecular weight excluding hydrogens is 232 g/mol. The summed E-state index contributed by atoms with van der Waals surface area (Å²) in [4.78, 5) is 0. The first-order chi connectivity index (χ1) is 8.24. The number of hydrogen-bond donors (Lipinski definition) is 1. The first-order valence-corrected chi connectivity index (χ1v) is 6.72. The van der Waals surface area contributed by atoms with Crippen molar-refractivity contribution in [3.63, 3.8) is 0 Å². The van der Waals surface area contributed by atoms with Gasteiger partial charge in [-0.2, -0.15) is 0 Å². The van der Waals surface area contributed by atoms with E-state index in [0.717, 1.165) is 12.0 Å². The number of aliphatic hydroxyl groups excluding tert-OH is 1. The Morgan fingerprint density at radius 3 is 2.53 bits per heavy atom. The summed E-state index contributed by atoms with van der Waals surface area (Å²) in [5.74, 6) is 0. The van der Waals surface area contributed by atoms with Crippen LogP contribution in [0.1, 0.15) is 50.7 Å². The average Bonchev–Trinajstić information content (AvgIpc) is 2.34. The Labute approximate surface area is 109 Å². The minimum absolute atomic E-state index is 0.515.